The lowest BCUT2D eigenvalue weighted by molar-refractivity contribution is 0.0557. The zero-order valence-corrected chi connectivity index (χ0v) is 17.1. The fourth-order valence-electron chi connectivity index (χ4n) is 3.02. The molecule has 0 saturated heterocycles. The second-order valence-electron chi connectivity index (χ2n) is 6.71. The van der Waals surface area contributed by atoms with E-state index < -0.39 is 0 Å². The van der Waals surface area contributed by atoms with Crippen LogP contribution in [0.15, 0.2) is 30.7 Å². The SMILES string of the molecule is COc1cc(Cn2cnc3cc(I)cnc32)cc2c1OC(C(C)C)CO2. The lowest BCUT2D eigenvalue weighted by atomic mass is 10.1. The molecule has 0 aliphatic carbocycles. The van der Waals surface area contributed by atoms with Gasteiger partial charge in [-0.1, -0.05) is 13.8 Å². The Morgan fingerprint density at radius 2 is 2.15 bits per heavy atom. The number of benzene rings is 1. The largest absolute Gasteiger partial charge is 0.493 e. The quantitative estimate of drug-likeness (QED) is 0.548. The molecule has 1 aliphatic rings. The maximum Gasteiger partial charge on any atom is 0.203 e. The van der Waals surface area contributed by atoms with Gasteiger partial charge in [-0.05, 0) is 52.3 Å². The van der Waals surface area contributed by atoms with E-state index in [1.54, 1.807) is 7.11 Å². The van der Waals surface area contributed by atoms with Crippen molar-refractivity contribution in [2.45, 2.75) is 26.5 Å². The van der Waals surface area contributed by atoms with Gasteiger partial charge in [0.1, 0.15) is 18.2 Å². The summed E-state index contributed by atoms with van der Waals surface area (Å²) in [5.74, 6) is 2.47. The molecule has 1 aromatic carbocycles. The van der Waals surface area contributed by atoms with Gasteiger partial charge >= 0.3 is 0 Å². The Kier molecular flexibility index (Phi) is 4.64. The molecule has 6 nitrogen and oxygen atoms in total. The van der Waals surface area contributed by atoms with Crippen molar-refractivity contribution in [1.82, 2.24) is 14.5 Å². The fourth-order valence-corrected chi connectivity index (χ4v) is 3.45. The van der Waals surface area contributed by atoms with Gasteiger partial charge in [-0.2, -0.15) is 0 Å². The summed E-state index contributed by atoms with van der Waals surface area (Å²) in [6, 6.07) is 6.02. The molecule has 3 heterocycles. The second-order valence-corrected chi connectivity index (χ2v) is 7.95. The highest BCUT2D eigenvalue weighted by molar-refractivity contribution is 14.1. The van der Waals surface area contributed by atoms with E-state index in [0.717, 1.165) is 26.0 Å². The van der Waals surface area contributed by atoms with Crippen LogP contribution in [-0.4, -0.2) is 34.4 Å². The zero-order chi connectivity index (χ0) is 18.3. The maximum absolute atomic E-state index is 6.11. The van der Waals surface area contributed by atoms with Crippen LogP contribution in [0.2, 0.25) is 0 Å². The molecule has 0 N–H and O–H groups in total. The number of methoxy groups -OCH3 is 1. The first-order valence-electron chi connectivity index (χ1n) is 8.52. The maximum atomic E-state index is 6.11. The van der Waals surface area contributed by atoms with Crippen molar-refractivity contribution in [2.75, 3.05) is 13.7 Å². The minimum absolute atomic E-state index is 0.0338. The molecule has 0 saturated carbocycles. The van der Waals surface area contributed by atoms with Gasteiger partial charge in [0, 0.05) is 9.77 Å². The average molecular weight is 465 g/mol. The third kappa shape index (κ3) is 3.20. The van der Waals surface area contributed by atoms with Crippen molar-refractivity contribution < 1.29 is 14.2 Å². The highest BCUT2D eigenvalue weighted by Crippen LogP contribution is 2.42. The molecule has 1 atom stereocenters. The molecule has 0 spiro atoms. The Balaban J connectivity index is 1.67. The van der Waals surface area contributed by atoms with Crippen LogP contribution in [0.1, 0.15) is 19.4 Å². The van der Waals surface area contributed by atoms with Gasteiger partial charge in [0.05, 0.1) is 20.0 Å². The third-order valence-electron chi connectivity index (χ3n) is 4.49. The molecule has 0 bridgehead atoms. The van der Waals surface area contributed by atoms with E-state index in [1.165, 1.54) is 0 Å². The molecular weight excluding hydrogens is 445 g/mol. The molecule has 4 rings (SSSR count). The van der Waals surface area contributed by atoms with Crippen LogP contribution in [0.5, 0.6) is 17.2 Å². The number of imidazole rings is 1. The van der Waals surface area contributed by atoms with Crippen molar-refractivity contribution in [1.29, 1.82) is 0 Å². The number of aromatic nitrogens is 3. The Hall–Kier alpha value is -2.03. The van der Waals surface area contributed by atoms with E-state index >= 15 is 0 Å². The summed E-state index contributed by atoms with van der Waals surface area (Å²) >= 11 is 2.24. The van der Waals surface area contributed by atoms with Crippen LogP contribution in [0, 0.1) is 9.49 Å². The Bertz CT molecular complexity index is 937. The van der Waals surface area contributed by atoms with Gasteiger partial charge in [0.15, 0.2) is 17.1 Å². The summed E-state index contributed by atoms with van der Waals surface area (Å²) in [6.07, 6.45) is 3.69. The van der Waals surface area contributed by atoms with E-state index in [9.17, 15) is 0 Å². The van der Waals surface area contributed by atoms with Crippen LogP contribution in [0.3, 0.4) is 0 Å². The number of ether oxygens (including phenoxy) is 3. The smallest absolute Gasteiger partial charge is 0.203 e. The van der Waals surface area contributed by atoms with Gasteiger partial charge < -0.3 is 18.8 Å². The van der Waals surface area contributed by atoms with Crippen molar-refractivity contribution in [3.8, 4) is 17.2 Å². The van der Waals surface area contributed by atoms with E-state index in [-0.39, 0.29) is 6.10 Å². The standard InChI is InChI=1S/C19H20IN3O3/c1-11(2)17-9-25-16-5-12(4-15(24-3)18(16)26-17)8-23-10-22-14-6-13(20)7-21-19(14)23/h4-7,10-11,17H,8-9H2,1-3H3. The van der Waals surface area contributed by atoms with Crippen molar-refractivity contribution in [3.63, 3.8) is 0 Å². The second kappa shape index (κ2) is 6.94. The molecule has 1 unspecified atom stereocenters. The van der Waals surface area contributed by atoms with Crippen molar-refractivity contribution in [3.05, 3.63) is 39.9 Å². The number of pyridine rings is 1. The predicted octanol–water partition coefficient (Wildman–Crippen LogP) is 3.89. The Morgan fingerprint density at radius 3 is 2.92 bits per heavy atom. The lowest BCUT2D eigenvalue weighted by Gasteiger charge is -2.30. The van der Waals surface area contributed by atoms with Crippen LogP contribution >= 0.6 is 22.6 Å². The number of nitrogens with zero attached hydrogens (tertiary/aromatic N) is 3. The highest BCUT2D eigenvalue weighted by atomic mass is 127. The Morgan fingerprint density at radius 1 is 1.31 bits per heavy atom. The Labute approximate surface area is 165 Å². The summed E-state index contributed by atoms with van der Waals surface area (Å²) in [5.41, 5.74) is 2.80. The van der Waals surface area contributed by atoms with E-state index in [2.05, 4.69) is 46.4 Å². The number of fused-ring (bicyclic) bond motifs is 2. The number of rotatable bonds is 4. The fraction of sp³-hybridized carbons (Fsp3) is 0.368. The lowest BCUT2D eigenvalue weighted by Crippen LogP contribution is -2.33. The van der Waals surface area contributed by atoms with Crippen LogP contribution < -0.4 is 14.2 Å². The first-order chi connectivity index (χ1) is 12.5. The molecular formula is C19H20IN3O3. The van der Waals surface area contributed by atoms with Gasteiger partial charge in [0.2, 0.25) is 5.75 Å². The molecule has 136 valence electrons. The van der Waals surface area contributed by atoms with Crippen LogP contribution in [0.4, 0.5) is 0 Å². The minimum atomic E-state index is 0.0338. The molecule has 0 fully saturated rings. The number of hydrogen-bond acceptors (Lipinski definition) is 5. The molecule has 0 amide bonds. The molecule has 0 radical (unpaired) electrons. The molecule has 1 aliphatic heterocycles. The van der Waals surface area contributed by atoms with Gasteiger partial charge in [-0.25, -0.2) is 9.97 Å². The number of hydrogen-bond donors (Lipinski definition) is 0. The first kappa shape index (κ1) is 17.4. The monoisotopic (exact) mass is 465 g/mol. The summed E-state index contributed by atoms with van der Waals surface area (Å²) in [6.45, 7) is 5.42. The average Bonchev–Trinajstić information content (AvgIpc) is 3.02. The van der Waals surface area contributed by atoms with E-state index in [1.807, 2.05) is 35.3 Å². The van der Waals surface area contributed by atoms with Crippen LogP contribution in [-0.2, 0) is 6.54 Å². The predicted molar refractivity (Wildman–Crippen MR) is 107 cm³/mol. The van der Waals surface area contributed by atoms with Gasteiger partial charge in [-0.3, -0.25) is 0 Å². The first-order valence-corrected chi connectivity index (χ1v) is 9.59. The summed E-state index contributed by atoms with van der Waals surface area (Å²) < 4.78 is 20.7. The molecule has 26 heavy (non-hydrogen) atoms. The zero-order valence-electron chi connectivity index (χ0n) is 14.9. The molecule has 2 aromatic heterocycles. The minimum Gasteiger partial charge on any atom is -0.493 e. The van der Waals surface area contributed by atoms with Crippen molar-refractivity contribution >= 4 is 33.8 Å². The van der Waals surface area contributed by atoms with E-state index in [4.69, 9.17) is 14.2 Å². The summed E-state index contributed by atoms with van der Waals surface area (Å²) in [5, 5.41) is 0. The summed E-state index contributed by atoms with van der Waals surface area (Å²) in [4.78, 5) is 8.95. The van der Waals surface area contributed by atoms with E-state index in [0.29, 0.717) is 30.6 Å². The normalized spacial score (nSPS) is 16.3. The van der Waals surface area contributed by atoms with Crippen LogP contribution in [0.25, 0.3) is 11.2 Å². The molecule has 7 heteroatoms. The summed E-state index contributed by atoms with van der Waals surface area (Å²) in [7, 11) is 1.65. The number of halogens is 1. The topological polar surface area (TPSA) is 58.4 Å². The van der Waals surface area contributed by atoms with Crippen molar-refractivity contribution in [2.24, 2.45) is 5.92 Å². The third-order valence-corrected chi connectivity index (χ3v) is 5.08. The van der Waals surface area contributed by atoms with Gasteiger partial charge in [-0.15, -0.1) is 0 Å². The molecule has 3 aromatic rings. The highest BCUT2D eigenvalue weighted by Gasteiger charge is 2.27. The van der Waals surface area contributed by atoms with Gasteiger partial charge in [0.25, 0.3) is 0 Å².